The second kappa shape index (κ2) is 28.6. The molecule has 0 spiro atoms. The van der Waals surface area contributed by atoms with Gasteiger partial charge in [0.25, 0.3) is 0 Å². The summed E-state index contributed by atoms with van der Waals surface area (Å²) in [6, 6.07) is 20.4. The van der Waals surface area contributed by atoms with Crippen LogP contribution in [0.25, 0.3) is 0 Å². The van der Waals surface area contributed by atoms with Crippen LogP contribution in [0.15, 0.2) is 84.0 Å². The smallest absolute Gasteiger partial charge is 0.310 e. The van der Waals surface area contributed by atoms with Gasteiger partial charge in [-0.25, -0.2) is 0 Å². The van der Waals surface area contributed by atoms with E-state index in [4.69, 9.17) is 37.9 Å². The zero-order valence-electron chi connectivity index (χ0n) is 67.3. The summed E-state index contributed by atoms with van der Waals surface area (Å²) in [6.07, 6.45) is 26.0. The Kier molecular flexibility index (Phi) is 21.5. The third-order valence-electron chi connectivity index (χ3n) is 34.4. The first-order valence-corrected chi connectivity index (χ1v) is 41.7. The van der Waals surface area contributed by atoms with Crippen molar-refractivity contribution in [3.63, 3.8) is 0 Å². The Balaban J connectivity index is 0.000000182. The van der Waals surface area contributed by atoms with Crippen molar-refractivity contribution in [2.45, 2.75) is 266 Å². The van der Waals surface area contributed by atoms with Crippen LogP contribution in [-0.4, -0.2) is 90.2 Å². The van der Waals surface area contributed by atoms with Crippen LogP contribution in [0.1, 0.15) is 251 Å². The molecule has 4 bridgehead atoms. The predicted octanol–water partition coefficient (Wildman–Crippen LogP) is 20.9. The molecule has 568 valence electrons. The van der Waals surface area contributed by atoms with Crippen molar-refractivity contribution in [3.8, 4) is 0 Å². The van der Waals surface area contributed by atoms with Crippen molar-refractivity contribution in [2.75, 3.05) is 66.1 Å². The van der Waals surface area contributed by atoms with E-state index in [1.165, 1.54) is 38.5 Å². The highest BCUT2D eigenvalue weighted by Crippen LogP contribution is 2.78. The number of carbonyl (C=O) groups is 2. The SMILES string of the molecule is CC(C)[C@@H](C)[C@@]1(C)CC[C@]2(C)[C@H]3CC[C@@H]4[C@@]5(COC[C@]4(C)[C@@H](OCC4(C)CCOCC4)[C@H](C)C5)C3=CC[C@@]2(C)[C@@H]1C(=O)OCc1ccccc1.CCCC1(CO[C@H]2[C@H](C)C[C@@]34COC[C@@]2(C)[C@@H]3CC[C@H]2C4=CC[C@@]3(C)[C@H](C(=O)OCc4ccccc4)[C@@](C)([C@H](C)C(C)C)CC[C@]23C)CCOCC1. The Morgan fingerprint density at radius 3 is 1.28 bits per heavy atom. The molecule has 4 heterocycles. The molecule has 6 saturated carbocycles. The quantitative estimate of drug-likeness (QED) is 0.106. The molecule has 102 heavy (non-hydrogen) atoms. The lowest BCUT2D eigenvalue weighted by Gasteiger charge is -2.71. The summed E-state index contributed by atoms with van der Waals surface area (Å²) in [5.41, 5.74) is 5.36. The maximum atomic E-state index is 14.8. The largest absolute Gasteiger partial charge is 0.461 e. The molecule has 0 amide bonds. The van der Waals surface area contributed by atoms with E-state index in [0.717, 1.165) is 154 Å². The normalized spacial score (nSPS) is 43.6. The molecule has 0 radical (unpaired) electrons. The van der Waals surface area contributed by atoms with Crippen molar-refractivity contribution >= 4 is 11.9 Å². The summed E-state index contributed by atoms with van der Waals surface area (Å²) in [4.78, 5) is 29.5. The van der Waals surface area contributed by atoms with E-state index in [9.17, 15) is 9.59 Å². The molecule has 10 heteroatoms. The van der Waals surface area contributed by atoms with Crippen molar-refractivity contribution in [2.24, 2.45) is 136 Å². The maximum absolute atomic E-state index is 14.8. The summed E-state index contributed by atoms with van der Waals surface area (Å²) in [6.45, 7) is 52.9. The molecule has 0 aromatic heterocycles. The second-order valence-corrected chi connectivity index (χ2v) is 40.3. The molecule has 4 saturated heterocycles. The van der Waals surface area contributed by atoms with Crippen LogP contribution >= 0.6 is 0 Å². The van der Waals surface area contributed by atoms with Gasteiger partial charge in [-0.1, -0.05) is 215 Å². The Labute approximate surface area is 618 Å². The number of allylic oxidation sites excluding steroid dienone is 2. The van der Waals surface area contributed by atoms with E-state index in [1.54, 1.807) is 11.1 Å². The van der Waals surface area contributed by atoms with Crippen LogP contribution in [0.4, 0.5) is 0 Å². The highest BCUT2D eigenvalue weighted by atomic mass is 16.5. The van der Waals surface area contributed by atoms with Crippen molar-refractivity contribution in [3.05, 3.63) is 95.1 Å². The van der Waals surface area contributed by atoms with E-state index in [1.807, 2.05) is 36.4 Å². The lowest BCUT2D eigenvalue weighted by atomic mass is 9.34. The summed E-state index contributed by atoms with van der Waals surface area (Å²) in [7, 11) is 0. The van der Waals surface area contributed by atoms with E-state index >= 15 is 0 Å². The number of rotatable bonds is 18. The van der Waals surface area contributed by atoms with Gasteiger partial charge in [-0.15, -0.1) is 0 Å². The Hall–Kier alpha value is -3.38. The van der Waals surface area contributed by atoms with Gasteiger partial charge in [-0.2, -0.15) is 0 Å². The lowest BCUT2D eigenvalue weighted by molar-refractivity contribution is -0.256. The summed E-state index contributed by atoms with van der Waals surface area (Å²) >= 11 is 0. The zero-order chi connectivity index (χ0) is 72.9. The number of benzene rings is 2. The van der Waals surface area contributed by atoms with Crippen molar-refractivity contribution in [1.29, 1.82) is 0 Å². The van der Waals surface area contributed by atoms with Crippen molar-refractivity contribution in [1.82, 2.24) is 0 Å². The standard InChI is InChI=1S/C47H72O5.C45H68O5/c1-10-19-46(23-25-49-26-24-46)30-52-40-33(4)27-47-31-50-29-43(40,7)38(47)17-16-36-37(47)18-20-45(9)39(41(48)51-28-35-14-12-11-13-15-35)42(6,34(5)32(2)3)21-22-44(36,45)8;1-30(2)32(4)41(6)19-20-43(8)34-15-16-36-42(7)28-48-29-45(36,25-31(3)38(42)50-27-40(5)21-23-47-24-22-40)35(34)17-18-44(43,9)37(41)39(46)49-26-33-13-11-10-12-14-33/h11-15,18,32-34,36,38-40H,10,16-17,19-31H2,1-9H3;10-14,17,30-32,34,36-38H,15-16,18-29H2,1-9H3/t33-,34-,36+,38+,39-,40+,42-,43+,44-,45+,47+;31-,32-,34+,36+,37-,38+,41-,42+,43-,44+,45+/m11/s1. The molecule has 0 N–H and O–H groups in total. The lowest BCUT2D eigenvalue weighted by Crippen LogP contribution is -2.69. The third kappa shape index (κ3) is 12.4. The fraction of sp³-hybridized carbons (Fsp3) is 0.804. The van der Waals surface area contributed by atoms with Crippen molar-refractivity contribution < 1.29 is 47.5 Å². The van der Waals surface area contributed by atoms with Gasteiger partial charge in [0.15, 0.2) is 0 Å². The van der Waals surface area contributed by atoms with E-state index in [2.05, 4.69) is 161 Å². The van der Waals surface area contributed by atoms with Crippen LogP contribution in [0.3, 0.4) is 0 Å². The average molecular weight is 1410 g/mol. The topological polar surface area (TPSA) is 108 Å². The number of esters is 2. The molecule has 0 unspecified atom stereocenters. The van der Waals surface area contributed by atoms with Gasteiger partial charge in [0.05, 0.1) is 63.7 Å². The molecule has 10 nitrogen and oxygen atoms in total. The van der Waals surface area contributed by atoms with Gasteiger partial charge < -0.3 is 37.9 Å². The molecule has 14 rings (SSSR count). The fourth-order valence-corrected chi connectivity index (χ4v) is 27.7. The molecule has 8 aliphatic carbocycles. The number of hydrogen-bond acceptors (Lipinski definition) is 10. The van der Waals surface area contributed by atoms with Crippen LogP contribution in [0.5, 0.6) is 0 Å². The molecule has 22 atom stereocenters. The minimum Gasteiger partial charge on any atom is -0.461 e. The van der Waals surface area contributed by atoms with Gasteiger partial charge >= 0.3 is 11.9 Å². The highest BCUT2D eigenvalue weighted by Gasteiger charge is 2.74. The Morgan fingerprint density at radius 2 is 0.882 bits per heavy atom. The van der Waals surface area contributed by atoms with Crippen LogP contribution in [0.2, 0.25) is 0 Å². The second-order valence-electron chi connectivity index (χ2n) is 40.3. The number of hydrogen-bond donors (Lipinski definition) is 0. The number of carbonyl (C=O) groups excluding carboxylic acids is 2. The summed E-state index contributed by atoms with van der Waals surface area (Å²) in [5.74, 6) is 4.46. The van der Waals surface area contributed by atoms with Crippen LogP contribution in [-0.2, 0) is 60.7 Å². The van der Waals surface area contributed by atoms with E-state index < -0.39 is 0 Å². The van der Waals surface area contributed by atoms with Gasteiger partial charge in [-0.05, 0) is 223 Å². The van der Waals surface area contributed by atoms with E-state index in [-0.39, 0.29) is 101 Å². The molecule has 2 aromatic rings. The molecule has 4 aliphatic heterocycles. The Bertz CT molecular complexity index is 3320. The summed E-state index contributed by atoms with van der Waals surface area (Å²) < 4.78 is 52.1. The minimum atomic E-state index is -0.198. The molecule has 10 fully saturated rings. The molecule has 2 aromatic carbocycles. The predicted molar refractivity (Wildman–Crippen MR) is 408 cm³/mol. The van der Waals surface area contributed by atoms with Gasteiger partial charge in [0.1, 0.15) is 13.2 Å². The van der Waals surface area contributed by atoms with Gasteiger partial charge in [-0.3, -0.25) is 9.59 Å². The molecule has 12 aliphatic rings. The molecular weight excluding hydrogens is 1270 g/mol. The zero-order valence-corrected chi connectivity index (χ0v) is 67.3. The fourth-order valence-electron chi connectivity index (χ4n) is 27.7. The number of ether oxygens (including phenoxy) is 8. The number of fused-ring (bicyclic) bond motifs is 6. The summed E-state index contributed by atoms with van der Waals surface area (Å²) in [5, 5.41) is 0. The van der Waals surface area contributed by atoms with E-state index in [0.29, 0.717) is 72.4 Å². The highest BCUT2D eigenvalue weighted by molar-refractivity contribution is 5.76. The first kappa shape index (κ1) is 76.8. The third-order valence-corrected chi connectivity index (χ3v) is 34.4. The van der Waals surface area contributed by atoms with Gasteiger partial charge in [0, 0.05) is 48.1 Å². The minimum absolute atomic E-state index is 0.00344. The monoisotopic (exact) mass is 1410 g/mol. The van der Waals surface area contributed by atoms with Crippen LogP contribution < -0.4 is 0 Å². The maximum Gasteiger partial charge on any atom is 0.310 e. The first-order valence-electron chi connectivity index (χ1n) is 41.7. The first-order chi connectivity index (χ1) is 48.3. The van der Waals surface area contributed by atoms with Crippen LogP contribution in [0, 0.1) is 136 Å². The van der Waals surface area contributed by atoms with Gasteiger partial charge in [0.2, 0.25) is 0 Å². The molecular formula is C92H140O10. The average Bonchev–Trinajstić information content (AvgIpc) is 0.677. The Morgan fingerprint density at radius 1 is 0.480 bits per heavy atom.